The minimum atomic E-state index is -4.16. The van der Waals surface area contributed by atoms with Gasteiger partial charge in [0.05, 0.1) is 27.9 Å². The van der Waals surface area contributed by atoms with E-state index in [1.54, 1.807) is 34.4 Å². The quantitative estimate of drug-likeness (QED) is 0.204. The molecule has 252 valence electrons. The highest BCUT2D eigenvalue weighted by molar-refractivity contribution is 7.92. The molecule has 0 spiro atoms. The number of ether oxygens (including phenoxy) is 1. The number of thiazole rings is 1. The summed E-state index contributed by atoms with van der Waals surface area (Å²) in [6.07, 6.45) is 0.610. The number of carbonyl (C=O) groups is 1. The fraction of sp³-hybridized carbons (Fsp3) is 0.389. The molecule has 0 fully saturated rings. The van der Waals surface area contributed by atoms with Crippen LogP contribution in [-0.4, -0.2) is 51.4 Å². The minimum Gasteiger partial charge on any atom is -0.475 e. The Balaban J connectivity index is 1.49. The molecule has 10 nitrogen and oxygen atoms in total. The Morgan fingerprint density at radius 3 is 2.40 bits per heavy atom. The van der Waals surface area contributed by atoms with E-state index in [0.29, 0.717) is 18.0 Å². The molecule has 48 heavy (non-hydrogen) atoms. The number of fused-ring (bicyclic) bond motifs is 5. The van der Waals surface area contributed by atoms with Crippen LogP contribution in [0.2, 0.25) is 0 Å². The molecule has 6 rings (SSSR count). The number of carbonyl (C=O) groups excluding carboxylic acids is 1. The van der Waals surface area contributed by atoms with Crippen molar-refractivity contribution < 1.29 is 17.9 Å². The lowest BCUT2D eigenvalue weighted by Crippen LogP contribution is -2.45. The van der Waals surface area contributed by atoms with Gasteiger partial charge in [-0.25, -0.2) is 23.1 Å². The smallest absolute Gasteiger partial charge is 0.264 e. The van der Waals surface area contributed by atoms with E-state index in [9.17, 15) is 13.2 Å². The summed E-state index contributed by atoms with van der Waals surface area (Å²) in [5.41, 5.74) is 5.53. The van der Waals surface area contributed by atoms with Gasteiger partial charge in [-0.2, -0.15) is 4.98 Å². The second-order valence-electron chi connectivity index (χ2n) is 14.1. The highest BCUT2D eigenvalue weighted by Gasteiger charge is 2.32. The summed E-state index contributed by atoms with van der Waals surface area (Å²) in [5.74, 6) is 0.143. The number of hydrogen-bond acceptors (Lipinski definition) is 8. The van der Waals surface area contributed by atoms with Crippen molar-refractivity contribution >= 4 is 43.6 Å². The molecule has 4 bridgehead atoms. The van der Waals surface area contributed by atoms with Crippen LogP contribution in [-0.2, 0) is 23.6 Å². The summed E-state index contributed by atoms with van der Waals surface area (Å²) in [7, 11) is -2.14. The van der Waals surface area contributed by atoms with Crippen molar-refractivity contribution in [3.8, 4) is 17.1 Å². The van der Waals surface area contributed by atoms with E-state index < -0.39 is 16.1 Å². The van der Waals surface area contributed by atoms with Gasteiger partial charge in [-0.1, -0.05) is 58.9 Å². The van der Waals surface area contributed by atoms with Crippen LogP contribution in [0.4, 0.5) is 5.95 Å². The van der Waals surface area contributed by atoms with Gasteiger partial charge >= 0.3 is 0 Å². The number of rotatable bonds is 5. The fourth-order valence-electron chi connectivity index (χ4n) is 6.37. The number of sulfonamides is 1. The highest BCUT2D eigenvalue weighted by Crippen LogP contribution is 2.34. The Morgan fingerprint density at radius 2 is 1.73 bits per heavy atom. The zero-order chi connectivity index (χ0) is 34.5. The first kappa shape index (κ1) is 33.6. The van der Waals surface area contributed by atoms with Gasteiger partial charge in [-0.05, 0) is 67.0 Å². The first-order valence-corrected chi connectivity index (χ1v) is 18.4. The standard InChI is InChI=1S/C36H42N6O4S2/c1-21(2)28-17-29-33(41(28)8)39-31(47-29)19-42-25(18-36(5,6)7)20-46-30-16-27(32-22(3)11-9-12-23(32)4)37-35(38-30)40-48(44,45)26-14-10-13-24(15-26)34(42)43/h9-17,21,25H,18-20H2,1-8H3,(H,37,38,40)/t25-/m1/s1. The maximum atomic E-state index is 14.5. The van der Waals surface area contributed by atoms with Gasteiger partial charge in [0.15, 0.2) is 5.65 Å². The number of nitrogens with zero attached hydrogens (tertiary/aromatic N) is 5. The normalized spacial score (nSPS) is 16.6. The Kier molecular flexibility index (Phi) is 8.84. The fourth-order valence-corrected chi connectivity index (χ4v) is 8.40. The molecule has 1 aliphatic heterocycles. The molecule has 5 aromatic rings. The number of aryl methyl sites for hydroxylation is 3. The van der Waals surface area contributed by atoms with Crippen LogP contribution in [0.15, 0.2) is 59.5 Å². The first-order valence-electron chi connectivity index (χ1n) is 16.1. The van der Waals surface area contributed by atoms with Crippen molar-refractivity contribution in [1.29, 1.82) is 0 Å². The molecule has 1 N–H and O–H groups in total. The molecule has 0 saturated carbocycles. The summed E-state index contributed by atoms with van der Waals surface area (Å²) in [6, 6.07) is 15.5. The lowest BCUT2D eigenvalue weighted by atomic mass is 9.87. The van der Waals surface area contributed by atoms with Crippen molar-refractivity contribution in [2.45, 2.75) is 78.3 Å². The van der Waals surface area contributed by atoms with Gasteiger partial charge in [0.1, 0.15) is 11.6 Å². The zero-order valence-electron chi connectivity index (χ0n) is 28.7. The predicted octanol–water partition coefficient (Wildman–Crippen LogP) is 7.47. The molecule has 1 aliphatic rings. The Hall–Kier alpha value is -4.29. The number of aromatic nitrogens is 4. The number of anilines is 1. The third kappa shape index (κ3) is 6.82. The molecule has 2 aromatic carbocycles. The van der Waals surface area contributed by atoms with E-state index in [4.69, 9.17) is 9.72 Å². The lowest BCUT2D eigenvalue weighted by Gasteiger charge is -2.35. The van der Waals surface area contributed by atoms with Gasteiger partial charge in [0.25, 0.3) is 15.9 Å². The van der Waals surface area contributed by atoms with Crippen LogP contribution in [0, 0.1) is 19.3 Å². The third-order valence-corrected chi connectivity index (χ3v) is 10.9. The number of nitrogens with one attached hydrogen (secondary N) is 1. The largest absolute Gasteiger partial charge is 0.475 e. The number of amides is 1. The first-order chi connectivity index (χ1) is 22.6. The van der Waals surface area contributed by atoms with Crippen LogP contribution in [0.1, 0.15) is 79.1 Å². The van der Waals surface area contributed by atoms with Gasteiger partial charge in [0.2, 0.25) is 11.8 Å². The minimum absolute atomic E-state index is 0.0651. The molecule has 0 aliphatic carbocycles. The summed E-state index contributed by atoms with van der Waals surface area (Å²) >= 11 is 1.57. The second-order valence-corrected chi connectivity index (χ2v) is 16.9. The molecular weight excluding hydrogens is 645 g/mol. The van der Waals surface area contributed by atoms with E-state index >= 15 is 0 Å². The highest BCUT2D eigenvalue weighted by atomic mass is 32.2. The second kappa shape index (κ2) is 12.6. The average molecular weight is 687 g/mol. The zero-order valence-corrected chi connectivity index (χ0v) is 30.3. The van der Waals surface area contributed by atoms with E-state index in [0.717, 1.165) is 32.0 Å². The molecule has 0 radical (unpaired) electrons. The van der Waals surface area contributed by atoms with Crippen LogP contribution in [0.5, 0.6) is 5.88 Å². The number of hydrogen-bond donors (Lipinski definition) is 1. The Labute approximate surface area is 286 Å². The van der Waals surface area contributed by atoms with Crippen LogP contribution in [0.3, 0.4) is 0 Å². The molecule has 3 aromatic heterocycles. The molecular formula is C36H42N6O4S2. The van der Waals surface area contributed by atoms with Crippen molar-refractivity contribution in [2.24, 2.45) is 12.5 Å². The molecule has 1 atom stereocenters. The van der Waals surface area contributed by atoms with Crippen LogP contribution in [0.25, 0.3) is 21.6 Å². The van der Waals surface area contributed by atoms with E-state index in [1.807, 2.05) is 39.1 Å². The summed E-state index contributed by atoms with van der Waals surface area (Å²) in [4.78, 5) is 30.3. The number of benzene rings is 2. The predicted molar refractivity (Wildman–Crippen MR) is 190 cm³/mol. The molecule has 0 saturated heterocycles. The monoisotopic (exact) mass is 686 g/mol. The third-order valence-electron chi connectivity index (χ3n) is 8.59. The summed E-state index contributed by atoms with van der Waals surface area (Å²) in [5, 5.41) is 0.787. The van der Waals surface area contributed by atoms with Crippen molar-refractivity contribution in [3.63, 3.8) is 0 Å². The Morgan fingerprint density at radius 1 is 1.02 bits per heavy atom. The van der Waals surface area contributed by atoms with E-state index in [2.05, 4.69) is 59.9 Å². The van der Waals surface area contributed by atoms with Gasteiger partial charge < -0.3 is 14.2 Å². The van der Waals surface area contributed by atoms with E-state index in [-0.39, 0.29) is 46.8 Å². The van der Waals surface area contributed by atoms with Gasteiger partial charge in [0, 0.05) is 29.9 Å². The van der Waals surface area contributed by atoms with Crippen molar-refractivity contribution in [2.75, 3.05) is 11.3 Å². The lowest BCUT2D eigenvalue weighted by molar-refractivity contribution is 0.0513. The Bertz CT molecular complexity index is 2110. The SMILES string of the molecule is Cc1cccc(C)c1-c1cc2nc(n1)NS(=O)(=O)c1cccc(c1)C(=O)N(Cc1nc3c(cc(C(C)C)n3C)s1)[C@H](CC(C)(C)C)CO2. The van der Waals surface area contributed by atoms with Gasteiger partial charge in [-0.15, -0.1) is 11.3 Å². The van der Waals surface area contributed by atoms with E-state index in [1.165, 1.54) is 17.8 Å². The van der Waals surface area contributed by atoms with Crippen molar-refractivity contribution in [3.05, 3.63) is 82.0 Å². The van der Waals surface area contributed by atoms with Crippen LogP contribution >= 0.6 is 11.3 Å². The van der Waals surface area contributed by atoms with Gasteiger partial charge in [-0.3, -0.25) is 4.79 Å². The molecule has 12 heteroatoms. The molecule has 0 unspecified atom stereocenters. The maximum Gasteiger partial charge on any atom is 0.264 e. The maximum absolute atomic E-state index is 14.5. The summed E-state index contributed by atoms with van der Waals surface area (Å²) in [6.45, 7) is 15.0. The topological polar surface area (TPSA) is 119 Å². The van der Waals surface area contributed by atoms with Crippen molar-refractivity contribution in [1.82, 2.24) is 24.4 Å². The van der Waals surface area contributed by atoms with Crippen LogP contribution < -0.4 is 9.46 Å². The summed E-state index contributed by atoms with van der Waals surface area (Å²) < 4.78 is 39.5. The molecule has 1 amide bonds. The average Bonchev–Trinajstić information content (AvgIpc) is 3.54. The molecule has 4 heterocycles.